The Balaban J connectivity index is 2.00. The molecule has 5 heteroatoms. The Kier molecular flexibility index (Phi) is 6.68. The summed E-state index contributed by atoms with van der Waals surface area (Å²) in [6.07, 6.45) is 7.42. The van der Waals surface area contributed by atoms with Gasteiger partial charge in [-0.3, -0.25) is 9.59 Å². The quantitative estimate of drug-likeness (QED) is 0.678. The molecule has 0 radical (unpaired) electrons. The Hall–Kier alpha value is -1.10. The first-order valence-corrected chi connectivity index (χ1v) is 8.63. The van der Waals surface area contributed by atoms with Gasteiger partial charge in [0.15, 0.2) is 0 Å². The van der Waals surface area contributed by atoms with Crippen LogP contribution in [0.25, 0.3) is 0 Å². The predicted molar refractivity (Wildman–Crippen MR) is 83.4 cm³/mol. The molecule has 1 aliphatic heterocycles. The zero-order valence-corrected chi connectivity index (χ0v) is 13.9. The van der Waals surface area contributed by atoms with Crippen LogP contribution in [0.4, 0.5) is 0 Å². The van der Waals surface area contributed by atoms with E-state index in [9.17, 15) is 9.59 Å². The molecule has 22 heavy (non-hydrogen) atoms. The van der Waals surface area contributed by atoms with E-state index in [0.717, 1.165) is 38.6 Å². The summed E-state index contributed by atoms with van der Waals surface area (Å²) in [6.45, 7) is 3.33. The van der Waals surface area contributed by atoms with Gasteiger partial charge in [0.05, 0.1) is 25.2 Å². The van der Waals surface area contributed by atoms with Crippen LogP contribution < -0.4 is 0 Å². The van der Waals surface area contributed by atoms with Crippen LogP contribution in [0.3, 0.4) is 0 Å². The molecule has 0 N–H and O–H groups in total. The first kappa shape index (κ1) is 17.3. The molecule has 0 aromatic rings. The number of ether oxygens (including phenoxy) is 2. The van der Waals surface area contributed by atoms with Gasteiger partial charge < -0.3 is 14.4 Å². The lowest BCUT2D eigenvalue weighted by molar-refractivity contribution is -0.139. The van der Waals surface area contributed by atoms with Crippen molar-refractivity contribution in [2.45, 2.75) is 70.4 Å². The molecule has 2 rings (SSSR count). The third-order valence-electron chi connectivity index (χ3n) is 4.84. The van der Waals surface area contributed by atoms with E-state index in [4.69, 9.17) is 9.47 Å². The fourth-order valence-corrected chi connectivity index (χ4v) is 3.57. The van der Waals surface area contributed by atoms with Crippen LogP contribution >= 0.6 is 0 Å². The first-order chi connectivity index (χ1) is 10.7. The molecule has 3 atom stereocenters. The molecule has 1 aliphatic carbocycles. The number of rotatable bonds is 7. The van der Waals surface area contributed by atoms with Gasteiger partial charge in [0.2, 0.25) is 5.91 Å². The number of nitrogens with zero attached hydrogens (tertiary/aromatic N) is 1. The number of methoxy groups -OCH3 is 1. The number of unbranched alkanes of at least 4 members (excludes halogenated alkanes) is 1. The average molecular weight is 311 g/mol. The predicted octanol–water partition coefficient (Wildman–Crippen LogP) is 2.53. The second-order valence-corrected chi connectivity index (χ2v) is 6.52. The van der Waals surface area contributed by atoms with E-state index < -0.39 is 0 Å². The van der Waals surface area contributed by atoms with Crippen molar-refractivity contribution in [2.24, 2.45) is 5.92 Å². The van der Waals surface area contributed by atoms with E-state index in [1.807, 2.05) is 4.90 Å². The van der Waals surface area contributed by atoms with Gasteiger partial charge in [-0.05, 0) is 19.3 Å². The molecule has 0 bridgehead atoms. The van der Waals surface area contributed by atoms with Crippen LogP contribution in [0.15, 0.2) is 0 Å². The molecule has 5 nitrogen and oxygen atoms in total. The molecular weight excluding hydrogens is 282 g/mol. The topological polar surface area (TPSA) is 55.8 Å². The van der Waals surface area contributed by atoms with Crippen LogP contribution in [0.5, 0.6) is 0 Å². The summed E-state index contributed by atoms with van der Waals surface area (Å²) in [5.74, 6) is 0.0322. The number of esters is 1. The fourth-order valence-electron chi connectivity index (χ4n) is 3.57. The molecule has 0 aromatic carbocycles. The smallest absolute Gasteiger partial charge is 0.306 e. The minimum Gasteiger partial charge on any atom is -0.465 e. The number of cyclic esters (lactones) is 1. The maximum absolute atomic E-state index is 12.8. The van der Waals surface area contributed by atoms with Gasteiger partial charge in [0.1, 0.15) is 0 Å². The zero-order chi connectivity index (χ0) is 15.9. The molecule has 126 valence electrons. The Morgan fingerprint density at radius 3 is 2.77 bits per heavy atom. The van der Waals surface area contributed by atoms with E-state index in [2.05, 4.69) is 6.92 Å². The van der Waals surface area contributed by atoms with Crippen molar-refractivity contribution in [3.8, 4) is 0 Å². The lowest BCUT2D eigenvalue weighted by Crippen LogP contribution is -2.50. The zero-order valence-electron chi connectivity index (χ0n) is 13.9. The Bertz CT molecular complexity index is 385. The van der Waals surface area contributed by atoms with Crippen molar-refractivity contribution in [3.05, 3.63) is 0 Å². The molecule has 2 aliphatic rings. The largest absolute Gasteiger partial charge is 0.465 e. The maximum Gasteiger partial charge on any atom is 0.306 e. The second kappa shape index (κ2) is 8.51. The van der Waals surface area contributed by atoms with Crippen molar-refractivity contribution in [3.63, 3.8) is 0 Å². The number of carbonyl (C=O) groups excluding carboxylic acids is 2. The average Bonchev–Trinajstić information content (AvgIpc) is 2.93. The number of amides is 1. The van der Waals surface area contributed by atoms with Crippen LogP contribution in [-0.4, -0.2) is 49.2 Å². The van der Waals surface area contributed by atoms with Crippen molar-refractivity contribution in [1.82, 2.24) is 4.90 Å². The van der Waals surface area contributed by atoms with E-state index in [1.165, 1.54) is 6.42 Å². The molecule has 1 amide bonds. The van der Waals surface area contributed by atoms with Crippen LogP contribution in [-0.2, 0) is 19.1 Å². The number of hydrogen-bond acceptors (Lipinski definition) is 4. The van der Waals surface area contributed by atoms with Gasteiger partial charge in [-0.15, -0.1) is 0 Å². The van der Waals surface area contributed by atoms with Crippen LogP contribution in [0, 0.1) is 5.92 Å². The molecule has 0 unspecified atom stereocenters. The summed E-state index contributed by atoms with van der Waals surface area (Å²) < 4.78 is 10.6. The van der Waals surface area contributed by atoms with Crippen LogP contribution in [0.1, 0.15) is 58.3 Å². The lowest BCUT2D eigenvalue weighted by Gasteiger charge is -2.39. The Labute approximate surface area is 133 Å². The molecular formula is C17H29NO4. The number of carbonyl (C=O) groups is 2. The van der Waals surface area contributed by atoms with E-state index >= 15 is 0 Å². The highest BCUT2D eigenvalue weighted by Crippen LogP contribution is 2.28. The van der Waals surface area contributed by atoms with Gasteiger partial charge in [0, 0.05) is 26.0 Å². The minimum absolute atomic E-state index is 0.0497. The first-order valence-electron chi connectivity index (χ1n) is 8.63. The highest BCUT2D eigenvalue weighted by atomic mass is 16.5. The second-order valence-electron chi connectivity index (χ2n) is 6.52. The van der Waals surface area contributed by atoms with E-state index in [0.29, 0.717) is 19.4 Å². The summed E-state index contributed by atoms with van der Waals surface area (Å²) in [5, 5.41) is 0. The van der Waals surface area contributed by atoms with Gasteiger partial charge in [0.25, 0.3) is 0 Å². The molecule has 1 heterocycles. The standard InChI is InChI=1S/C17H29NO4/c1-3-4-9-18(14-7-5-6-8-15(14)21-2)16(19)10-13-11-17(20)22-12-13/h13-15H,3-12H2,1-2H3/t13-,14-,15-/m1/s1. The van der Waals surface area contributed by atoms with E-state index in [1.54, 1.807) is 7.11 Å². The van der Waals surface area contributed by atoms with E-state index in [-0.39, 0.29) is 29.9 Å². The maximum atomic E-state index is 12.8. The van der Waals surface area contributed by atoms with Crippen LogP contribution in [0.2, 0.25) is 0 Å². The van der Waals surface area contributed by atoms with Gasteiger partial charge in [-0.25, -0.2) is 0 Å². The minimum atomic E-state index is -0.176. The highest BCUT2D eigenvalue weighted by Gasteiger charge is 2.35. The monoisotopic (exact) mass is 311 g/mol. The summed E-state index contributed by atoms with van der Waals surface area (Å²) in [7, 11) is 1.74. The molecule has 2 fully saturated rings. The highest BCUT2D eigenvalue weighted by molar-refractivity contribution is 5.79. The summed E-state index contributed by atoms with van der Waals surface area (Å²) in [4.78, 5) is 26.0. The van der Waals surface area contributed by atoms with Crippen molar-refractivity contribution < 1.29 is 19.1 Å². The third-order valence-corrected chi connectivity index (χ3v) is 4.84. The summed E-state index contributed by atoms with van der Waals surface area (Å²) >= 11 is 0. The van der Waals surface area contributed by atoms with Gasteiger partial charge >= 0.3 is 5.97 Å². The Morgan fingerprint density at radius 2 is 2.14 bits per heavy atom. The molecule has 0 spiro atoms. The summed E-state index contributed by atoms with van der Waals surface area (Å²) in [5.41, 5.74) is 0. The van der Waals surface area contributed by atoms with Gasteiger partial charge in [-0.2, -0.15) is 0 Å². The third kappa shape index (κ3) is 4.45. The van der Waals surface area contributed by atoms with Crippen molar-refractivity contribution in [2.75, 3.05) is 20.3 Å². The lowest BCUT2D eigenvalue weighted by atomic mass is 9.90. The normalized spacial score (nSPS) is 28.5. The summed E-state index contributed by atoms with van der Waals surface area (Å²) in [6, 6.07) is 0.191. The Morgan fingerprint density at radius 1 is 1.36 bits per heavy atom. The SMILES string of the molecule is CCCCN(C(=O)C[C@H]1COC(=O)C1)[C@@H]1CCCC[C@H]1OC. The van der Waals surface area contributed by atoms with Gasteiger partial charge in [-0.1, -0.05) is 26.2 Å². The molecule has 0 aromatic heterocycles. The number of hydrogen-bond donors (Lipinski definition) is 0. The molecule has 1 saturated carbocycles. The van der Waals surface area contributed by atoms with Crippen molar-refractivity contribution in [1.29, 1.82) is 0 Å². The van der Waals surface area contributed by atoms with Crippen molar-refractivity contribution >= 4 is 11.9 Å². The molecule has 1 saturated heterocycles. The fraction of sp³-hybridized carbons (Fsp3) is 0.882.